The molecular formula is C17H27NO3. The molecule has 2 N–H and O–H groups in total. The normalized spacial score (nSPS) is 22.5. The number of nitrogens with two attached hydrogens (primary N) is 1. The first-order chi connectivity index (χ1) is 10.1. The Hall–Kier alpha value is -1.26. The number of rotatable bonds is 7. The minimum absolute atomic E-state index is 0.0392. The van der Waals surface area contributed by atoms with Crippen molar-refractivity contribution in [3.05, 3.63) is 23.3 Å². The molecule has 0 aromatic heterocycles. The number of aryl methyl sites for hydroxylation is 1. The second kappa shape index (κ2) is 7.14. The smallest absolute Gasteiger partial charge is 0.161 e. The van der Waals surface area contributed by atoms with Crippen molar-refractivity contribution in [3.8, 4) is 11.5 Å². The van der Waals surface area contributed by atoms with Crippen LogP contribution in [0.4, 0.5) is 0 Å². The van der Waals surface area contributed by atoms with Crippen LogP contribution in [-0.4, -0.2) is 26.9 Å². The maximum absolute atomic E-state index is 6.40. The summed E-state index contributed by atoms with van der Waals surface area (Å²) >= 11 is 0. The molecule has 0 spiro atoms. The lowest BCUT2D eigenvalue weighted by Crippen LogP contribution is -2.33. The van der Waals surface area contributed by atoms with Gasteiger partial charge in [0, 0.05) is 12.6 Å². The first-order valence-electron chi connectivity index (χ1n) is 7.68. The van der Waals surface area contributed by atoms with Gasteiger partial charge in [-0.15, -0.1) is 0 Å². The summed E-state index contributed by atoms with van der Waals surface area (Å²) in [4.78, 5) is 0. The van der Waals surface area contributed by atoms with Crippen LogP contribution < -0.4 is 15.2 Å². The molecular weight excluding hydrogens is 266 g/mol. The average molecular weight is 293 g/mol. The largest absolute Gasteiger partial charge is 0.493 e. The fourth-order valence-corrected chi connectivity index (χ4v) is 3.12. The summed E-state index contributed by atoms with van der Waals surface area (Å²) in [6.45, 7) is 4.92. The molecule has 1 unspecified atom stereocenters. The maximum atomic E-state index is 6.40. The van der Waals surface area contributed by atoms with Gasteiger partial charge in [0.25, 0.3) is 0 Å². The molecule has 1 aromatic carbocycles. The van der Waals surface area contributed by atoms with Crippen molar-refractivity contribution in [1.29, 1.82) is 0 Å². The third kappa shape index (κ3) is 3.69. The van der Waals surface area contributed by atoms with Gasteiger partial charge in [-0.2, -0.15) is 0 Å². The third-order valence-corrected chi connectivity index (χ3v) is 4.35. The lowest BCUT2D eigenvalue weighted by atomic mass is 9.77. The number of hydrogen-bond acceptors (Lipinski definition) is 4. The molecule has 0 radical (unpaired) electrons. The van der Waals surface area contributed by atoms with E-state index in [1.165, 1.54) is 0 Å². The van der Waals surface area contributed by atoms with Gasteiger partial charge in [-0.3, -0.25) is 0 Å². The molecule has 118 valence electrons. The van der Waals surface area contributed by atoms with Crippen LogP contribution in [0.3, 0.4) is 0 Å². The Bertz CT molecular complexity index is 469. The number of hydrogen-bond donors (Lipinski definition) is 1. The van der Waals surface area contributed by atoms with Crippen molar-refractivity contribution < 1.29 is 14.2 Å². The summed E-state index contributed by atoms with van der Waals surface area (Å²) in [6.07, 6.45) is 3.71. The Kier molecular flexibility index (Phi) is 5.48. The molecule has 4 heteroatoms. The van der Waals surface area contributed by atoms with Crippen LogP contribution in [0.25, 0.3) is 0 Å². The van der Waals surface area contributed by atoms with Gasteiger partial charge in [0.05, 0.1) is 20.3 Å². The van der Waals surface area contributed by atoms with Gasteiger partial charge in [-0.05, 0) is 62.3 Å². The zero-order valence-electron chi connectivity index (χ0n) is 13.5. The van der Waals surface area contributed by atoms with Crippen LogP contribution in [0.5, 0.6) is 11.5 Å². The number of methoxy groups -OCH3 is 2. The number of benzene rings is 1. The Balaban J connectivity index is 2.01. The molecule has 1 aliphatic carbocycles. The molecule has 0 bridgehead atoms. The van der Waals surface area contributed by atoms with Crippen molar-refractivity contribution in [3.63, 3.8) is 0 Å². The second-order valence-corrected chi connectivity index (χ2v) is 5.82. The molecule has 0 amide bonds. The van der Waals surface area contributed by atoms with Gasteiger partial charge < -0.3 is 19.9 Å². The van der Waals surface area contributed by atoms with Crippen molar-refractivity contribution in [2.45, 2.75) is 45.3 Å². The maximum Gasteiger partial charge on any atom is 0.161 e. The second-order valence-electron chi connectivity index (χ2n) is 5.82. The van der Waals surface area contributed by atoms with Gasteiger partial charge in [-0.1, -0.05) is 0 Å². The van der Waals surface area contributed by atoms with Crippen LogP contribution in [0.2, 0.25) is 0 Å². The standard InChI is InChI=1S/C17H27NO3/c1-5-21-13-7-12(8-13)9-15(18)14-10-17(20-4)16(19-3)6-11(14)2/h6,10,12-13,15H,5,7-9,18H2,1-4H3. The highest BCUT2D eigenvalue weighted by molar-refractivity contribution is 5.48. The zero-order chi connectivity index (χ0) is 15.4. The predicted octanol–water partition coefficient (Wildman–Crippen LogP) is 3.22. The van der Waals surface area contributed by atoms with Crippen LogP contribution >= 0.6 is 0 Å². The highest BCUT2D eigenvalue weighted by Crippen LogP contribution is 2.39. The third-order valence-electron chi connectivity index (χ3n) is 4.35. The summed E-state index contributed by atoms with van der Waals surface area (Å²) < 4.78 is 16.3. The monoisotopic (exact) mass is 293 g/mol. The minimum atomic E-state index is 0.0392. The Morgan fingerprint density at radius 3 is 2.38 bits per heavy atom. The van der Waals surface area contributed by atoms with E-state index in [9.17, 15) is 0 Å². The van der Waals surface area contributed by atoms with E-state index < -0.39 is 0 Å². The van der Waals surface area contributed by atoms with Gasteiger partial charge in [-0.25, -0.2) is 0 Å². The molecule has 0 aliphatic heterocycles. The predicted molar refractivity (Wildman–Crippen MR) is 84.0 cm³/mol. The zero-order valence-corrected chi connectivity index (χ0v) is 13.5. The minimum Gasteiger partial charge on any atom is -0.493 e. The van der Waals surface area contributed by atoms with E-state index in [0.29, 0.717) is 12.0 Å². The van der Waals surface area contributed by atoms with Crippen molar-refractivity contribution in [2.24, 2.45) is 11.7 Å². The van der Waals surface area contributed by atoms with Crippen molar-refractivity contribution >= 4 is 0 Å². The molecule has 4 nitrogen and oxygen atoms in total. The Labute approximate surface area is 127 Å². The fraction of sp³-hybridized carbons (Fsp3) is 0.647. The van der Waals surface area contributed by atoms with E-state index in [1.807, 2.05) is 19.1 Å². The summed E-state index contributed by atoms with van der Waals surface area (Å²) in [5.41, 5.74) is 8.70. The summed E-state index contributed by atoms with van der Waals surface area (Å²) in [5, 5.41) is 0. The molecule has 0 heterocycles. The van der Waals surface area contributed by atoms with Gasteiger partial charge in [0.2, 0.25) is 0 Å². The van der Waals surface area contributed by atoms with Crippen molar-refractivity contribution in [2.75, 3.05) is 20.8 Å². The summed E-state index contributed by atoms with van der Waals surface area (Å²) in [6, 6.07) is 4.05. The molecule has 21 heavy (non-hydrogen) atoms. The molecule has 1 saturated carbocycles. The van der Waals surface area contributed by atoms with E-state index in [-0.39, 0.29) is 6.04 Å². The SMILES string of the molecule is CCOC1CC(CC(N)c2cc(OC)c(OC)cc2C)C1. The Morgan fingerprint density at radius 2 is 1.81 bits per heavy atom. The molecule has 1 fully saturated rings. The van der Waals surface area contributed by atoms with Crippen LogP contribution in [0.15, 0.2) is 12.1 Å². The number of ether oxygens (including phenoxy) is 3. The van der Waals surface area contributed by atoms with Gasteiger partial charge in [0.1, 0.15) is 0 Å². The van der Waals surface area contributed by atoms with E-state index in [0.717, 1.165) is 48.5 Å². The van der Waals surface area contributed by atoms with Gasteiger partial charge in [0.15, 0.2) is 11.5 Å². The lowest BCUT2D eigenvalue weighted by Gasteiger charge is -2.36. The van der Waals surface area contributed by atoms with E-state index >= 15 is 0 Å². The lowest BCUT2D eigenvalue weighted by molar-refractivity contribution is -0.0282. The quantitative estimate of drug-likeness (QED) is 0.838. The van der Waals surface area contributed by atoms with E-state index in [2.05, 4.69) is 6.92 Å². The average Bonchev–Trinajstić information content (AvgIpc) is 2.44. The summed E-state index contributed by atoms with van der Waals surface area (Å²) in [5.74, 6) is 2.17. The van der Waals surface area contributed by atoms with E-state index in [4.69, 9.17) is 19.9 Å². The molecule has 1 atom stereocenters. The highest BCUT2D eigenvalue weighted by atomic mass is 16.5. The van der Waals surface area contributed by atoms with Crippen LogP contribution in [0.1, 0.15) is 43.4 Å². The summed E-state index contributed by atoms with van der Waals surface area (Å²) in [7, 11) is 3.31. The molecule has 1 aromatic rings. The molecule has 2 rings (SSSR count). The van der Waals surface area contributed by atoms with Gasteiger partial charge >= 0.3 is 0 Å². The first kappa shape index (κ1) is 16.1. The molecule has 1 aliphatic rings. The van der Waals surface area contributed by atoms with Crippen LogP contribution in [-0.2, 0) is 4.74 Å². The highest BCUT2D eigenvalue weighted by Gasteiger charge is 2.31. The fourth-order valence-electron chi connectivity index (χ4n) is 3.12. The van der Waals surface area contributed by atoms with E-state index in [1.54, 1.807) is 14.2 Å². The topological polar surface area (TPSA) is 53.7 Å². The van der Waals surface area contributed by atoms with Crippen LogP contribution in [0, 0.1) is 12.8 Å². The first-order valence-corrected chi connectivity index (χ1v) is 7.68. The molecule has 0 saturated heterocycles. The Morgan fingerprint density at radius 1 is 1.19 bits per heavy atom. The van der Waals surface area contributed by atoms with Crippen molar-refractivity contribution in [1.82, 2.24) is 0 Å².